The van der Waals surface area contributed by atoms with Crippen molar-refractivity contribution in [3.8, 4) is 6.07 Å². The van der Waals surface area contributed by atoms with Crippen LogP contribution in [-0.2, 0) is 16.8 Å². The minimum absolute atomic E-state index is 0.357. The first-order valence-corrected chi connectivity index (χ1v) is 5.33. The molecule has 2 N–H and O–H groups in total. The Morgan fingerprint density at radius 2 is 2.18 bits per heavy atom. The van der Waals surface area contributed by atoms with Crippen molar-refractivity contribution in [2.45, 2.75) is 18.4 Å². The summed E-state index contributed by atoms with van der Waals surface area (Å²) in [7, 11) is 0. The Balaban J connectivity index is 2.25. The molecular weight excluding hydrogens is 218 g/mol. The molecule has 0 bridgehead atoms. The summed E-state index contributed by atoms with van der Waals surface area (Å²) in [6.45, 7) is 0. The van der Waals surface area contributed by atoms with Gasteiger partial charge in [0.2, 0.25) is 0 Å². The van der Waals surface area contributed by atoms with Gasteiger partial charge in [-0.3, -0.25) is 10.1 Å². The Bertz CT molecular complexity index is 588. The number of nitriles is 1. The van der Waals surface area contributed by atoms with E-state index in [1.807, 2.05) is 6.07 Å². The molecule has 1 aromatic rings. The molecule has 1 aliphatic carbocycles. The number of nitrogens with zero attached hydrogens (tertiary/aromatic N) is 1. The number of carbonyl (C=O) groups is 2. The number of hydrogen-bond acceptors (Lipinski definition) is 3. The van der Waals surface area contributed by atoms with Crippen LogP contribution in [-0.4, -0.2) is 11.9 Å². The minimum atomic E-state index is -1.03. The molecule has 5 heteroatoms. The summed E-state index contributed by atoms with van der Waals surface area (Å²) in [5.41, 5.74) is 1.04. The average Bonchev–Trinajstić information content (AvgIpc) is 2.82. The molecule has 3 amide bonds. The van der Waals surface area contributed by atoms with Crippen LogP contribution >= 0.6 is 0 Å². The summed E-state index contributed by atoms with van der Waals surface area (Å²) in [6.07, 6.45) is 1.21. The Labute approximate surface area is 97.4 Å². The molecule has 0 saturated carbocycles. The second kappa shape index (κ2) is 3.08. The van der Waals surface area contributed by atoms with E-state index in [2.05, 4.69) is 16.7 Å². The SMILES string of the molecule is N#Cc1cccc2c1C1(CC2)NC(=O)NC1=O. The van der Waals surface area contributed by atoms with E-state index in [0.717, 1.165) is 5.56 Å². The van der Waals surface area contributed by atoms with E-state index >= 15 is 0 Å². The highest BCUT2D eigenvalue weighted by Gasteiger charge is 2.52. The molecule has 3 rings (SSSR count). The molecule has 1 unspecified atom stereocenters. The highest BCUT2D eigenvalue weighted by molar-refractivity contribution is 6.08. The summed E-state index contributed by atoms with van der Waals surface area (Å²) < 4.78 is 0. The maximum Gasteiger partial charge on any atom is 0.322 e. The minimum Gasteiger partial charge on any atom is -0.319 e. The van der Waals surface area contributed by atoms with Crippen molar-refractivity contribution in [2.24, 2.45) is 0 Å². The van der Waals surface area contributed by atoms with Gasteiger partial charge in [-0.15, -0.1) is 0 Å². The van der Waals surface area contributed by atoms with Gasteiger partial charge < -0.3 is 5.32 Å². The van der Waals surface area contributed by atoms with Crippen LogP contribution < -0.4 is 10.6 Å². The molecule has 2 aliphatic rings. The summed E-state index contributed by atoms with van der Waals surface area (Å²) in [6, 6.07) is 6.95. The number of benzene rings is 1. The molecule has 1 fully saturated rings. The molecule has 84 valence electrons. The predicted molar refractivity (Wildman–Crippen MR) is 57.8 cm³/mol. The number of fused-ring (bicyclic) bond motifs is 2. The lowest BCUT2D eigenvalue weighted by Gasteiger charge is -2.21. The zero-order valence-corrected chi connectivity index (χ0v) is 8.91. The van der Waals surface area contributed by atoms with Crippen molar-refractivity contribution >= 4 is 11.9 Å². The van der Waals surface area contributed by atoms with Gasteiger partial charge in [-0.05, 0) is 24.5 Å². The van der Waals surface area contributed by atoms with Gasteiger partial charge in [0.1, 0.15) is 5.54 Å². The summed E-state index contributed by atoms with van der Waals surface area (Å²) in [5.74, 6) is -0.357. The summed E-state index contributed by atoms with van der Waals surface area (Å²) >= 11 is 0. The molecule has 0 aromatic heterocycles. The number of urea groups is 1. The third-order valence-electron chi connectivity index (χ3n) is 3.41. The Morgan fingerprint density at radius 1 is 1.35 bits per heavy atom. The molecular formula is C12H9N3O2. The van der Waals surface area contributed by atoms with Gasteiger partial charge >= 0.3 is 6.03 Å². The van der Waals surface area contributed by atoms with E-state index in [-0.39, 0.29) is 5.91 Å². The van der Waals surface area contributed by atoms with Crippen molar-refractivity contribution in [3.05, 3.63) is 34.9 Å². The molecule has 1 saturated heterocycles. The zero-order chi connectivity index (χ0) is 12.0. The van der Waals surface area contributed by atoms with Gasteiger partial charge in [-0.2, -0.15) is 5.26 Å². The van der Waals surface area contributed by atoms with E-state index < -0.39 is 11.6 Å². The third kappa shape index (κ3) is 1.12. The number of nitrogens with one attached hydrogen (secondary N) is 2. The fourth-order valence-electron chi connectivity index (χ4n) is 2.70. The highest BCUT2D eigenvalue weighted by atomic mass is 16.2. The molecule has 1 atom stereocenters. The van der Waals surface area contributed by atoms with Crippen LogP contribution in [0.25, 0.3) is 0 Å². The highest BCUT2D eigenvalue weighted by Crippen LogP contribution is 2.40. The zero-order valence-electron chi connectivity index (χ0n) is 8.91. The van der Waals surface area contributed by atoms with Crippen molar-refractivity contribution in [1.29, 1.82) is 5.26 Å². The number of amides is 3. The Hall–Kier alpha value is -2.35. The van der Waals surface area contributed by atoms with Crippen LogP contribution in [0.2, 0.25) is 0 Å². The molecule has 1 aliphatic heterocycles. The number of rotatable bonds is 0. The van der Waals surface area contributed by atoms with Crippen LogP contribution in [0.1, 0.15) is 23.1 Å². The van der Waals surface area contributed by atoms with Crippen molar-refractivity contribution < 1.29 is 9.59 Å². The van der Waals surface area contributed by atoms with Gasteiger partial charge in [-0.25, -0.2) is 4.79 Å². The topological polar surface area (TPSA) is 82.0 Å². The number of hydrogen-bond donors (Lipinski definition) is 2. The van der Waals surface area contributed by atoms with Gasteiger partial charge in [0.15, 0.2) is 0 Å². The van der Waals surface area contributed by atoms with Gasteiger partial charge in [0.05, 0.1) is 11.6 Å². The normalized spacial score (nSPS) is 25.4. The average molecular weight is 227 g/mol. The van der Waals surface area contributed by atoms with Crippen LogP contribution in [0.15, 0.2) is 18.2 Å². The van der Waals surface area contributed by atoms with E-state index in [1.54, 1.807) is 12.1 Å². The van der Waals surface area contributed by atoms with Crippen LogP contribution in [0.5, 0.6) is 0 Å². The monoisotopic (exact) mass is 227 g/mol. The second-order valence-corrected chi connectivity index (χ2v) is 4.27. The molecule has 5 nitrogen and oxygen atoms in total. The summed E-state index contributed by atoms with van der Waals surface area (Å²) in [4.78, 5) is 23.2. The van der Waals surface area contributed by atoms with E-state index in [1.165, 1.54) is 0 Å². The number of imide groups is 1. The van der Waals surface area contributed by atoms with Crippen molar-refractivity contribution in [3.63, 3.8) is 0 Å². The van der Waals surface area contributed by atoms with Crippen LogP contribution in [0, 0.1) is 11.3 Å². The van der Waals surface area contributed by atoms with E-state index in [0.29, 0.717) is 24.0 Å². The predicted octanol–water partition coefficient (Wildman–Crippen LogP) is 0.539. The standard InChI is InChI=1S/C12H9N3O2/c13-6-8-3-1-2-7-4-5-12(9(7)8)10(16)14-11(17)15-12/h1-3H,4-5H2,(H2,14,15,16,17). The first-order chi connectivity index (χ1) is 8.17. The lowest BCUT2D eigenvalue weighted by atomic mass is 9.88. The van der Waals surface area contributed by atoms with Gasteiger partial charge in [-0.1, -0.05) is 12.1 Å². The first-order valence-electron chi connectivity index (χ1n) is 5.33. The Morgan fingerprint density at radius 3 is 2.82 bits per heavy atom. The van der Waals surface area contributed by atoms with Crippen LogP contribution in [0.4, 0.5) is 4.79 Å². The van der Waals surface area contributed by atoms with Crippen molar-refractivity contribution in [2.75, 3.05) is 0 Å². The van der Waals surface area contributed by atoms with Gasteiger partial charge in [0.25, 0.3) is 5.91 Å². The molecule has 0 radical (unpaired) electrons. The van der Waals surface area contributed by atoms with Crippen molar-refractivity contribution in [1.82, 2.24) is 10.6 Å². The molecule has 1 heterocycles. The fourth-order valence-corrected chi connectivity index (χ4v) is 2.70. The number of aryl methyl sites for hydroxylation is 1. The Kier molecular flexibility index (Phi) is 1.78. The lowest BCUT2D eigenvalue weighted by molar-refractivity contribution is -0.124. The number of carbonyl (C=O) groups excluding carboxylic acids is 2. The quantitative estimate of drug-likeness (QED) is 0.634. The second-order valence-electron chi connectivity index (χ2n) is 4.27. The van der Waals surface area contributed by atoms with E-state index in [9.17, 15) is 9.59 Å². The summed E-state index contributed by atoms with van der Waals surface area (Å²) in [5, 5.41) is 14.0. The van der Waals surface area contributed by atoms with E-state index in [4.69, 9.17) is 5.26 Å². The molecule has 17 heavy (non-hydrogen) atoms. The lowest BCUT2D eigenvalue weighted by Crippen LogP contribution is -2.42. The maximum absolute atomic E-state index is 11.9. The van der Waals surface area contributed by atoms with Gasteiger partial charge in [0, 0.05) is 5.56 Å². The maximum atomic E-state index is 11.9. The van der Waals surface area contributed by atoms with Crippen LogP contribution in [0.3, 0.4) is 0 Å². The largest absolute Gasteiger partial charge is 0.322 e. The third-order valence-corrected chi connectivity index (χ3v) is 3.41. The molecule has 1 aromatic carbocycles. The molecule has 1 spiro atoms. The smallest absolute Gasteiger partial charge is 0.319 e. The fraction of sp³-hybridized carbons (Fsp3) is 0.250. The first kappa shape index (κ1) is 9.85.